The molecule has 1 atom stereocenters. The molecule has 10 heteroatoms. The average Bonchev–Trinajstić information content (AvgIpc) is 2.99. The van der Waals surface area contributed by atoms with Crippen LogP contribution in [0.5, 0.6) is 0 Å². The van der Waals surface area contributed by atoms with E-state index >= 15 is 0 Å². The maximum Gasteiger partial charge on any atom is 0.264 e. The van der Waals surface area contributed by atoms with Gasteiger partial charge in [0.05, 0.1) is 10.6 Å². The Kier molecular flexibility index (Phi) is 10.9. The molecule has 7 nitrogen and oxygen atoms in total. The molecule has 0 aliphatic rings. The highest BCUT2D eigenvalue weighted by Gasteiger charge is 2.34. The molecule has 4 rings (SSSR count). The largest absolute Gasteiger partial charge is 0.355 e. The van der Waals surface area contributed by atoms with E-state index in [1.54, 1.807) is 49.4 Å². The Labute approximate surface area is 263 Å². The van der Waals surface area contributed by atoms with Crippen molar-refractivity contribution in [3.8, 4) is 0 Å². The first-order valence-electron chi connectivity index (χ1n) is 13.8. The van der Waals surface area contributed by atoms with Gasteiger partial charge in [-0.2, -0.15) is 0 Å². The lowest BCUT2D eigenvalue weighted by Gasteiger charge is -2.34. The first-order chi connectivity index (χ1) is 20.6. The van der Waals surface area contributed by atoms with Crippen molar-refractivity contribution in [2.45, 2.75) is 37.8 Å². The Morgan fingerprint density at radius 3 is 2.05 bits per heavy atom. The van der Waals surface area contributed by atoms with Gasteiger partial charge in [0, 0.05) is 29.6 Å². The SMILES string of the molecule is CCNC(=O)C(Cc1ccccc1)N(Cc1ccc(Cl)cc1)C(=O)CN(c1cccc(C)c1)S(=O)(=O)c1ccc(Cl)cc1. The predicted molar refractivity (Wildman–Crippen MR) is 172 cm³/mol. The van der Waals surface area contributed by atoms with Crippen molar-refractivity contribution < 1.29 is 18.0 Å². The second kappa shape index (κ2) is 14.6. The molecule has 0 fully saturated rings. The van der Waals surface area contributed by atoms with Crippen LogP contribution in [0, 0.1) is 6.92 Å². The number of nitrogens with zero attached hydrogens (tertiary/aromatic N) is 2. The lowest BCUT2D eigenvalue weighted by atomic mass is 10.0. The third-order valence-corrected chi connectivity index (χ3v) is 9.15. The van der Waals surface area contributed by atoms with Crippen LogP contribution in [-0.4, -0.2) is 44.3 Å². The molecule has 0 aliphatic carbocycles. The fourth-order valence-corrected chi connectivity index (χ4v) is 6.34. The number of carbonyl (C=O) groups excluding carboxylic acids is 2. The van der Waals surface area contributed by atoms with E-state index in [0.29, 0.717) is 22.3 Å². The average molecular weight is 639 g/mol. The quantitative estimate of drug-likeness (QED) is 0.198. The highest BCUT2D eigenvalue weighted by atomic mass is 35.5. The zero-order chi connectivity index (χ0) is 31.0. The Morgan fingerprint density at radius 2 is 1.44 bits per heavy atom. The van der Waals surface area contributed by atoms with Gasteiger partial charge in [0.15, 0.2) is 0 Å². The molecule has 1 unspecified atom stereocenters. The minimum Gasteiger partial charge on any atom is -0.355 e. The molecule has 43 heavy (non-hydrogen) atoms. The molecular formula is C33H33Cl2N3O4S. The Morgan fingerprint density at radius 1 is 0.814 bits per heavy atom. The highest BCUT2D eigenvalue weighted by Crippen LogP contribution is 2.27. The lowest BCUT2D eigenvalue weighted by molar-refractivity contribution is -0.140. The molecule has 2 amide bonds. The molecule has 4 aromatic carbocycles. The zero-order valence-corrected chi connectivity index (χ0v) is 26.2. The van der Waals surface area contributed by atoms with Gasteiger partial charge in [-0.25, -0.2) is 8.42 Å². The summed E-state index contributed by atoms with van der Waals surface area (Å²) in [6, 6.07) is 28.2. The number of likely N-dealkylation sites (N-methyl/N-ethyl adjacent to an activating group) is 1. The second-order valence-electron chi connectivity index (χ2n) is 10.1. The Balaban J connectivity index is 1.79. The number of anilines is 1. The van der Waals surface area contributed by atoms with Gasteiger partial charge in [-0.1, -0.05) is 77.8 Å². The van der Waals surface area contributed by atoms with Crippen LogP contribution < -0.4 is 9.62 Å². The van der Waals surface area contributed by atoms with Crippen molar-refractivity contribution in [1.82, 2.24) is 10.2 Å². The monoisotopic (exact) mass is 637 g/mol. The van der Waals surface area contributed by atoms with E-state index in [4.69, 9.17) is 23.2 Å². The lowest BCUT2D eigenvalue weighted by Crippen LogP contribution is -2.53. The molecule has 0 saturated carbocycles. The van der Waals surface area contributed by atoms with Crippen molar-refractivity contribution in [2.75, 3.05) is 17.4 Å². The van der Waals surface area contributed by atoms with E-state index in [1.807, 2.05) is 43.3 Å². The summed E-state index contributed by atoms with van der Waals surface area (Å²) in [4.78, 5) is 29.3. The number of carbonyl (C=O) groups is 2. The van der Waals surface area contributed by atoms with Crippen molar-refractivity contribution >= 4 is 50.7 Å². The van der Waals surface area contributed by atoms with Gasteiger partial charge in [-0.3, -0.25) is 13.9 Å². The fraction of sp³-hybridized carbons (Fsp3) is 0.212. The van der Waals surface area contributed by atoms with Gasteiger partial charge in [0.1, 0.15) is 12.6 Å². The standard InChI is InChI=1S/C33H33Cl2N3O4S/c1-3-36-33(40)31(21-25-9-5-4-6-10-25)37(22-26-12-14-27(34)15-13-26)32(39)23-38(29-11-7-8-24(2)20-29)43(41,42)30-18-16-28(35)17-19-30/h4-20,31H,3,21-23H2,1-2H3,(H,36,40). The van der Waals surface area contributed by atoms with Crippen molar-refractivity contribution in [1.29, 1.82) is 0 Å². The minimum atomic E-state index is -4.20. The minimum absolute atomic E-state index is 0.0139. The summed E-state index contributed by atoms with van der Waals surface area (Å²) in [5.74, 6) is -0.877. The van der Waals surface area contributed by atoms with Crippen LogP contribution in [0.2, 0.25) is 10.0 Å². The number of nitrogens with one attached hydrogen (secondary N) is 1. The second-order valence-corrected chi connectivity index (χ2v) is 12.8. The molecule has 0 radical (unpaired) electrons. The molecule has 4 aromatic rings. The van der Waals surface area contributed by atoms with Crippen LogP contribution in [-0.2, 0) is 32.6 Å². The maximum absolute atomic E-state index is 14.3. The van der Waals surface area contributed by atoms with Crippen molar-refractivity contribution in [2.24, 2.45) is 0 Å². The fourth-order valence-electron chi connectivity index (χ4n) is 4.68. The summed E-state index contributed by atoms with van der Waals surface area (Å²) < 4.78 is 29.1. The maximum atomic E-state index is 14.3. The summed E-state index contributed by atoms with van der Waals surface area (Å²) in [6.07, 6.45) is 0.236. The first-order valence-corrected chi connectivity index (χ1v) is 16.0. The van der Waals surface area contributed by atoms with E-state index in [-0.39, 0.29) is 23.8 Å². The zero-order valence-electron chi connectivity index (χ0n) is 23.9. The number of hydrogen-bond acceptors (Lipinski definition) is 4. The molecule has 0 spiro atoms. The van der Waals surface area contributed by atoms with E-state index < -0.39 is 28.5 Å². The smallest absolute Gasteiger partial charge is 0.264 e. The Bertz CT molecular complexity index is 1650. The summed E-state index contributed by atoms with van der Waals surface area (Å²) in [5.41, 5.74) is 2.75. The number of aryl methyl sites for hydroxylation is 1. The summed E-state index contributed by atoms with van der Waals surface area (Å²) in [6.45, 7) is 3.55. The van der Waals surface area contributed by atoms with Crippen LogP contribution in [0.3, 0.4) is 0 Å². The predicted octanol–water partition coefficient (Wildman–Crippen LogP) is 6.27. The summed E-state index contributed by atoms with van der Waals surface area (Å²) in [5, 5.41) is 3.77. The van der Waals surface area contributed by atoms with E-state index in [2.05, 4.69) is 5.32 Å². The number of hydrogen-bond donors (Lipinski definition) is 1. The molecule has 0 bridgehead atoms. The molecule has 0 heterocycles. The van der Waals surface area contributed by atoms with Gasteiger partial charge in [-0.05, 0) is 79.1 Å². The van der Waals surface area contributed by atoms with E-state index in [9.17, 15) is 18.0 Å². The molecule has 0 aliphatic heterocycles. The van der Waals surface area contributed by atoms with Gasteiger partial charge in [-0.15, -0.1) is 0 Å². The number of rotatable bonds is 12. The molecular weight excluding hydrogens is 605 g/mol. The van der Waals surface area contributed by atoms with Crippen molar-refractivity contribution in [3.05, 3.63) is 130 Å². The normalized spacial score (nSPS) is 11.9. The van der Waals surface area contributed by atoms with Crippen molar-refractivity contribution in [3.63, 3.8) is 0 Å². The molecule has 224 valence electrons. The molecule has 0 saturated heterocycles. The number of halogens is 2. The van der Waals surface area contributed by atoms with Crippen LogP contribution in [0.4, 0.5) is 5.69 Å². The topological polar surface area (TPSA) is 86.8 Å². The number of sulfonamides is 1. The highest BCUT2D eigenvalue weighted by molar-refractivity contribution is 7.92. The Hall–Kier alpha value is -3.85. The van der Waals surface area contributed by atoms with Crippen LogP contribution >= 0.6 is 23.2 Å². The van der Waals surface area contributed by atoms with Gasteiger partial charge >= 0.3 is 0 Å². The number of benzene rings is 4. The van der Waals surface area contributed by atoms with E-state index in [1.165, 1.54) is 29.2 Å². The molecule has 0 aromatic heterocycles. The summed E-state index contributed by atoms with van der Waals surface area (Å²) >= 11 is 12.1. The number of amides is 2. The third-order valence-electron chi connectivity index (χ3n) is 6.86. The van der Waals surface area contributed by atoms with Gasteiger partial charge in [0.2, 0.25) is 11.8 Å². The first kappa shape index (κ1) is 32.1. The summed E-state index contributed by atoms with van der Waals surface area (Å²) in [7, 11) is -4.20. The molecule has 1 N–H and O–H groups in total. The van der Waals surface area contributed by atoms with Gasteiger partial charge in [0.25, 0.3) is 10.0 Å². The van der Waals surface area contributed by atoms with Crippen LogP contribution in [0.25, 0.3) is 0 Å². The van der Waals surface area contributed by atoms with Crippen LogP contribution in [0.1, 0.15) is 23.6 Å². The van der Waals surface area contributed by atoms with Crippen LogP contribution in [0.15, 0.2) is 108 Å². The third kappa shape index (κ3) is 8.38. The van der Waals surface area contributed by atoms with Gasteiger partial charge < -0.3 is 10.2 Å². The van der Waals surface area contributed by atoms with E-state index in [0.717, 1.165) is 21.0 Å².